The van der Waals surface area contributed by atoms with Gasteiger partial charge in [-0.15, -0.1) is 0 Å². The Kier molecular flexibility index (Phi) is 7.94. The molecule has 43 heavy (non-hydrogen) atoms. The number of fused-ring (bicyclic) bond motifs is 1. The standard InChI is InChI=1S/C41H46O2/c1-9-27-25-31(21-23-36(27)42)40(5,6)29-17-19-30(20-18-29)41(7,8)32-22-24-37(43)35(26-32)38(39(2,3)4)34-16-12-14-28-13-10-11-15-33(28)34/h10-26,38,42-43H,9H2,1-8H3. The third-order valence-electron chi connectivity index (χ3n) is 9.57. The van der Waals surface area contributed by atoms with Crippen LogP contribution >= 0.6 is 0 Å². The van der Waals surface area contributed by atoms with Gasteiger partial charge < -0.3 is 10.2 Å². The van der Waals surface area contributed by atoms with E-state index in [1.165, 1.54) is 38.6 Å². The number of phenolic OH excluding ortho intramolecular Hbond substituents is 2. The number of rotatable bonds is 7. The predicted molar refractivity (Wildman–Crippen MR) is 182 cm³/mol. The summed E-state index contributed by atoms with van der Waals surface area (Å²) in [5, 5.41) is 24.0. The first-order valence-corrected chi connectivity index (χ1v) is 15.5. The Morgan fingerprint density at radius 2 is 1.05 bits per heavy atom. The van der Waals surface area contributed by atoms with Crippen LogP contribution in [0.5, 0.6) is 11.5 Å². The van der Waals surface area contributed by atoms with Crippen molar-refractivity contribution in [2.75, 3.05) is 0 Å². The van der Waals surface area contributed by atoms with E-state index in [0.717, 1.165) is 17.5 Å². The highest BCUT2D eigenvalue weighted by molar-refractivity contribution is 5.86. The van der Waals surface area contributed by atoms with Crippen molar-refractivity contribution >= 4 is 10.8 Å². The summed E-state index contributed by atoms with van der Waals surface area (Å²) in [6, 6.07) is 36.2. The van der Waals surface area contributed by atoms with Crippen molar-refractivity contribution in [3.63, 3.8) is 0 Å². The molecule has 0 aliphatic rings. The second-order valence-corrected chi connectivity index (χ2v) is 14.2. The number of benzene rings is 5. The molecule has 0 aromatic heterocycles. The molecule has 0 aliphatic carbocycles. The maximum Gasteiger partial charge on any atom is 0.119 e. The molecular formula is C41H46O2. The quantitative estimate of drug-likeness (QED) is 0.204. The fourth-order valence-electron chi connectivity index (χ4n) is 6.67. The van der Waals surface area contributed by atoms with Gasteiger partial charge in [-0.25, -0.2) is 0 Å². The van der Waals surface area contributed by atoms with Gasteiger partial charge in [-0.3, -0.25) is 0 Å². The van der Waals surface area contributed by atoms with Crippen molar-refractivity contribution in [2.45, 2.75) is 78.6 Å². The lowest BCUT2D eigenvalue weighted by Crippen LogP contribution is -2.23. The molecule has 0 saturated carbocycles. The van der Waals surface area contributed by atoms with Crippen LogP contribution in [0.4, 0.5) is 0 Å². The molecule has 0 radical (unpaired) electrons. The highest BCUT2D eigenvalue weighted by atomic mass is 16.3. The van der Waals surface area contributed by atoms with Crippen molar-refractivity contribution in [3.8, 4) is 11.5 Å². The minimum atomic E-state index is -0.278. The maximum atomic E-state index is 11.3. The molecule has 5 aromatic rings. The van der Waals surface area contributed by atoms with E-state index in [-0.39, 0.29) is 22.2 Å². The van der Waals surface area contributed by atoms with Crippen LogP contribution in [0.15, 0.2) is 103 Å². The minimum Gasteiger partial charge on any atom is -0.508 e. The molecule has 0 fully saturated rings. The highest BCUT2D eigenvalue weighted by Crippen LogP contribution is 2.47. The lowest BCUT2D eigenvalue weighted by molar-refractivity contribution is 0.348. The summed E-state index contributed by atoms with van der Waals surface area (Å²) in [6.07, 6.45) is 0.800. The van der Waals surface area contributed by atoms with Crippen molar-refractivity contribution in [1.29, 1.82) is 0 Å². The van der Waals surface area contributed by atoms with E-state index < -0.39 is 0 Å². The van der Waals surface area contributed by atoms with E-state index in [1.54, 1.807) is 0 Å². The van der Waals surface area contributed by atoms with Crippen molar-refractivity contribution in [2.24, 2.45) is 5.41 Å². The van der Waals surface area contributed by atoms with Crippen LogP contribution in [0.2, 0.25) is 0 Å². The van der Waals surface area contributed by atoms with Crippen LogP contribution < -0.4 is 0 Å². The largest absolute Gasteiger partial charge is 0.508 e. The van der Waals surface area contributed by atoms with E-state index in [9.17, 15) is 10.2 Å². The second-order valence-electron chi connectivity index (χ2n) is 14.2. The topological polar surface area (TPSA) is 40.5 Å². The summed E-state index contributed by atoms with van der Waals surface area (Å²) < 4.78 is 0. The van der Waals surface area contributed by atoms with E-state index in [4.69, 9.17) is 0 Å². The molecule has 1 atom stereocenters. The van der Waals surface area contributed by atoms with Gasteiger partial charge in [0.1, 0.15) is 11.5 Å². The van der Waals surface area contributed by atoms with E-state index in [1.807, 2.05) is 18.2 Å². The smallest absolute Gasteiger partial charge is 0.119 e. The van der Waals surface area contributed by atoms with Gasteiger partial charge in [-0.05, 0) is 68.1 Å². The monoisotopic (exact) mass is 570 g/mol. The highest BCUT2D eigenvalue weighted by Gasteiger charge is 2.33. The second kappa shape index (κ2) is 11.2. The number of hydrogen-bond donors (Lipinski definition) is 2. The minimum absolute atomic E-state index is 0.0100. The average molecular weight is 571 g/mol. The Morgan fingerprint density at radius 1 is 0.535 bits per heavy atom. The number of hydrogen-bond acceptors (Lipinski definition) is 2. The molecule has 0 amide bonds. The van der Waals surface area contributed by atoms with Gasteiger partial charge in [-0.2, -0.15) is 0 Å². The molecule has 0 aliphatic heterocycles. The van der Waals surface area contributed by atoms with Crippen molar-refractivity contribution < 1.29 is 10.2 Å². The number of aryl methyl sites for hydroxylation is 1. The molecule has 2 N–H and O–H groups in total. The summed E-state index contributed by atoms with van der Waals surface area (Å²) in [5.41, 5.74) is 7.40. The molecular weight excluding hydrogens is 524 g/mol. The van der Waals surface area contributed by atoms with Gasteiger partial charge in [0.25, 0.3) is 0 Å². The summed E-state index contributed by atoms with van der Waals surface area (Å²) >= 11 is 0. The zero-order valence-electron chi connectivity index (χ0n) is 27.0. The molecule has 1 unspecified atom stereocenters. The third kappa shape index (κ3) is 5.68. The van der Waals surface area contributed by atoms with Crippen molar-refractivity contribution in [3.05, 3.63) is 142 Å². The molecule has 5 aromatic carbocycles. The molecule has 2 heteroatoms. The SMILES string of the molecule is CCc1cc(C(C)(C)c2ccc(C(C)(C)c3ccc(O)c(C(c4cccc5ccccc45)C(C)(C)C)c3)cc2)ccc1O. The molecule has 0 saturated heterocycles. The van der Waals surface area contributed by atoms with Crippen LogP contribution in [-0.2, 0) is 17.3 Å². The van der Waals surface area contributed by atoms with Crippen LogP contribution in [0.25, 0.3) is 10.8 Å². The van der Waals surface area contributed by atoms with E-state index in [0.29, 0.717) is 11.5 Å². The Balaban J connectivity index is 1.54. The predicted octanol–water partition coefficient (Wildman–Crippen LogP) is 10.6. The summed E-state index contributed by atoms with van der Waals surface area (Å²) in [7, 11) is 0. The van der Waals surface area contributed by atoms with Gasteiger partial charge in [-0.1, -0.05) is 146 Å². The zero-order chi connectivity index (χ0) is 31.2. The Labute approximate surface area is 258 Å². The molecule has 222 valence electrons. The fraction of sp³-hybridized carbons (Fsp3) is 0.317. The van der Waals surface area contributed by atoms with Crippen LogP contribution in [-0.4, -0.2) is 10.2 Å². The van der Waals surface area contributed by atoms with Crippen LogP contribution in [0.3, 0.4) is 0 Å². The first kappa shape index (κ1) is 30.4. The Morgan fingerprint density at radius 3 is 1.63 bits per heavy atom. The van der Waals surface area contributed by atoms with Gasteiger partial charge >= 0.3 is 0 Å². The number of aromatic hydroxyl groups is 2. The maximum absolute atomic E-state index is 11.3. The lowest BCUT2D eigenvalue weighted by Gasteiger charge is -2.35. The third-order valence-corrected chi connectivity index (χ3v) is 9.57. The summed E-state index contributed by atoms with van der Waals surface area (Å²) in [6.45, 7) is 17.9. The fourth-order valence-corrected chi connectivity index (χ4v) is 6.67. The van der Waals surface area contributed by atoms with Gasteiger partial charge in [0.2, 0.25) is 0 Å². The first-order chi connectivity index (χ1) is 20.2. The van der Waals surface area contributed by atoms with Gasteiger partial charge in [0.05, 0.1) is 0 Å². The van der Waals surface area contributed by atoms with E-state index >= 15 is 0 Å². The van der Waals surface area contributed by atoms with Gasteiger partial charge in [0, 0.05) is 22.3 Å². The molecule has 0 bridgehead atoms. The normalized spacial score (nSPS) is 13.3. The molecule has 0 spiro atoms. The van der Waals surface area contributed by atoms with Crippen LogP contribution in [0.1, 0.15) is 100 Å². The lowest BCUT2D eigenvalue weighted by atomic mass is 9.69. The first-order valence-electron chi connectivity index (χ1n) is 15.5. The van der Waals surface area contributed by atoms with Gasteiger partial charge in [0.15, 0.2) is 0 Å². The Bertz CT molecular complexity index is 1740. The summed E-state index contributed by atoms with van der Waals surface area (Å²) in [4.78, 5) is 0. The van der Waals surface area contributed by atoms with Crippen molar-refractivity contribution in [1.82, 2.24) is 0 Å². The number of phenols is 2. The Hall–Kier alpha value is -4.04. The molecule has 0 heterocycles. The average Bonchev–Trinajstić information content (AvgIpc) is 2.98. The van der Waals surface area contributed by atoms with E-state index in [2.05, 4.69) is 140 Å². The molecule has 2 nitrogen and oxygen atoms in total. The molecule has 5 rings (SSSR count). The zero-order valence-corrected chi connectivity index (χ0v) is 27.0. The van der Waals surface area contributed by atoms with Crippen LogP contribution in [0, 0.1) is 5.41 Å². The summed E-state index contributed by atoms with van der Waals surface area (Å²) in [5.74, 6) is 0.710.